The van der Waals surface area contributed by atoms with Crippen molar-refractivity contribution >= 4 is 32.4 Å². The minimum absolute atomic E-state index is 0.580. The molecule has 1 fully saturated rings. The number of rotatable bonds is 1. The van der Waals surface area contributed by atoms with E-state index in [1.165, 1.54) is 17.5 Å². The summed E-state index contributed by atoms with van der Waals surface area (Å²) in [6.07, 6.45) is 2.60. The maximum absolute atomic E-state index is 5.83. The van der Waals surface area contributed by atoms with Crippen LogP contribution in [0.2, 0.25) is 0 Å². The highest BCUT2D eigenvalue weighted by Gasteiger charge is 2.26. The van der Waals surface area contributed by atoms with Crippen molar-refractivity contribution in [3.63, 3.8) is 0 Å². The molecular formula is C14H19N3S. The van der Waals surface area contributed by atoms with E-state index in [0.717, 1.165) is 28.8 Å². The average Bonchev–Trinajstić information content (AvgIpc) is 2.75. The molecule has 3 nitrogen and oxygen atoms in total. The molecule has 2 unspecified atom stereocenters. The van der Waals surface area contributed by atoms with Gasteiger partial charge in [0.05, 0.1) is 10.2 Å². The number of anilines is 2. The van der Waals surface area contributed by atoms with Crippen molar-refractivity contribution in [2.45, 2.75) is 32.7 Å². The number of nitrogen functional groups attached to an aromatic ring is 1. The van der Waals surface area contributed by atoms with Gasteiger partial charge < -0.3 is 10.6 Å². The fourth-order valence-corrected chi connectivity index (χ4v) is 3.79. The Bertz CT molecular complexity index is 563. The lowest BCUT2D eigenvalue weighted by molar-refractivity contribution is 0.363. The average molecular weight is 261 g/mol. The summed E-state index contributed by atoms with van der Waals surface area (Å²) in [5.41, 5.74) is 7.71. The maximum Gasteiger partial charge on any atom is 0.186 e. The molecule has 1 aromatic heterocycles. The third-order valence-corrected chi connectivity index (χ3v) is 5.08. The predicted octanol–water partition coefficient (Wildman–Crippen LogP) is 3.50. The minimum atomic E-state index is 0.580. The highest BCUT2D eigenvalue weighted by Crippen LogP contribution is 2.34. The first kappa shape index (κ1) is 11.8. The van der Waals surface area contributed by atoms with Crippen LogP contribution >= 0.6 is 11.3 Å². The monoisotopic (exact) mass is 261 g/mol. The Hall–Kier alpha value is -1.29. The van der Waals surface area contributed by atoms with Gasteiger partial charge in [-0.1, -0.05) is 18.3 Å². The number of aromatic nitrogens is 1. The van der Waals surface area contributed by atoms with E-state index < -0.39 is 0 Å². The summed E-state index contributed by atoms with van der Waals surface area (Å²) in [6.45, 7) is 5.77. The zero-order chi connectivity index (χ0) is 12.7. The number of hydrogen-bond donors (Lipinski definition) is 1. The van der Waals surface area contributed by atoms with E-state index in [0.29, 0.717) is 6.04 Å². The van der Waals surface area contributed by atoms with Crippen LogP contribution in [0.3, 0.4) is 0 Å². The maximum atomic E-state index is 5.83. The van der Waals surface area contributed by atoms with Crippen LogP contribution in [0.1, 0.15) is 26.7 Å². The van der Waals surface area contributed by atoms with E-state index >= 15 is 0 Å². The topological polar surface area (TPSA) is 42.2 Å². The quantitative estimate of drug-likeness (QED) is 0.799. The number of fused-ring (bicyclic) bond motifs is 1. The van der Waals surface area contributed by atoms with Gasteiger partial charge in [0, 0.05) is 18.3 Å². The summed E-state index contributed by atoms with van der Waals surface area (Å²) in [5.74, 6) is 0.746. The summed E-state index contributed by atoms with van der Waals surface area (Å²) < 4.78 is 1.19. The molecule has 0 saturated carbocycles. The number of piperidine rings is 1. The molecule has 18 heavy (non-hydrogen) atoms. The van der Waals surface area contributed by atoms with Crippen molar-refractivity contribution in [3.05, 3.63) is 18.2 Å². The van der Waals surface area contributed by atoms with E-state index in [1.807, 2.05) is 18.2 Å². The normalized spacial score (nSPS) is 24.7. The zero-order valence-electron chi connectivity index (χ0n) is 10.9. The minimum Gasteiger partial charge on any atom is -0.399 e. The Labute approximate surface area is 112 Å². The molecule has 0 amide bonds. The number of benzene rings is 1. The molecule has 0 aliphatic carbocycles. The van der Waals surface area contributed by atoms with Crippen molar-refractivity contribution in [2.24, 2.45) is 5.92 Å². The molecule has 3 rings (SSSR count). The van der Waals surface area contributed by atoms with E-state index in [-0.39, 0.29) is 0 Å². The van der Waals surface area contributed by atoms with Gasteiger partial charge in [0.2, 0.25) is 0 Å². The van der Waals surface area contributed by atoms with Crippen molar-refractivity contribution in [2.75, 3.05) is 17.2 Å². The third-order valence-electron chi connectivity index (χ3n) is 4.02. The van der Waals surface area contributed by atoms with Crippen molar-refractivity contribution in [3.8, 4) is 0 Å². The number of thiazole rings is 1. The molecule has 1 aliphatic rings. The number of nitrogens with zero attached hydrogens (tertiary/aromatic N) is 2. The first-order valence-electron chi connectivity index (χ1n) is 6.58. The molecule has 0 bridgehead atoms. The van der Waals surface area contributed by atoms with Crippen LogP contribution in [0.25, 0.3) is 10.2 Å². The fraction of sp³-hybridized carbons (Fsp3) is 0.500. The van der Waals surface area contributed by atoms with Gasteiger partial charge in [-0.2, -0.15) is 0 Å². The van der Waals surface area contributed by atoms with Gasteiger partial charge >= 0.3 is 0 Å². The second-order valence-corrected chi connectivity index (χ2v) is 6.29. The molecule has 2 aromatic rings. The van der Waals surface area contributed by atoms with Gasteiger partial charge in [0.1, 0.15) is 0 Å². The second-order valence-electron chi connectivity index (χ2n) is 5.28. The van der Waals surface area contributed by atoms with Gasteiger partial charge in [0.15, 0.2) is 5.13 Å². The first-order valence-corrected chi connectivity index (χ1v) is 7.39. The molecule has 0 spiro atoms. The molecule has 4 heteroatoms. The van der Waals surface area contributed by atoms with Crippen LogP contribution < -0.4 is 10.6 Å². The van der Waals surface area contributed by atoms with Gasteiger partial charge in [-0.05, 0) is 43.9 Å². The lowest BCUT2D eigenvalue weighted by atomic mass is 9.93. The van der Waals surface area contributed by atoms with Crippen LogP contribution in [0.15, 0.2) is 18.2 Å². The molecular weight excluding hydrogens is 242 g/mol. The molecule has 2 heterocycles. The molecule has 2 N–H and O–H groups in total. The van der Waals surface area contributed by atoms with E-state index in [1.54, 1.807) is 11.3 Å². The molecule has 0 radical (unpaired) electrons. The zero-order valence-corrected chi connectivity index (χ0v) is 11.7. The smallest absolute Gasteiger partial charge is 0.186 e. The molecule has 1 saturated heterocycles. The second kappa shape index (κ2) is 4.43. The first-order chi connectivity index (χ1) is 8.65. The molecule has 96 valence electrons. The Morgan fingerprint density at radius 3 is 3.06 bits per heavy atom. The molecule has 2 atom stereocenters. The van der Waals surface area contributed by atoms with Crippen LogP contribution in [0.5, 0.6) is 0 Å². The predicted molar refractivity (Wildman–Crippen MR) is 79.2 cm³/mol. The van der Waals surface area contributed by atoms with Gasteiger partial charge in [0.25, 0.3) is 0 Å². The number of nitrogens with two attached hydrogens (primary N) is 1. The summed E-state index contributed by atoms with van der Waals surface area (Å²) in [7, 11) is 0. The van der Waals surface area contributed by atoms with E-state index in [2.05, 4.69) is 18.7 Å². The van der Waals surface area contributed by atoms with Gasteiger partial charge in [-0.3, -0.25) is 0 Å². The fourth-order valence-electron chi connectivity index (χ4n) is 2.66. The molecule has 1 aromatic carbocycles. The van der Waals surface area contributed by atoms with Crippen LogP contribution in [-0.4, -0.2) is 17.6 Å². The van der Waals surface area contributed by atoms with Gasteiger partial charge in [-0.15, -0.1) is 0 Å². The Balaban J connectivity index is 1.98. The lowest BCUT2D eigenvalue weighted by Crippen LogP contribution is -2.42. The summed E-state index contributed by atoms with van der Waals surface area (Å²) in [6, 6.07) is 6.54. The van der Waals surface area contributed by atoms with E-state index in [4.69, 9.17) is 10.7 Å². The summed E-state index contributed by atoms with van der Waals surface area (Å²) >= 11 is 1.76. The van der Waals surface area contributed by atoms with Gasteiger partial charge in [-0.25, -0.2) is 4.98 Å². The van der Waals surface area contributed by atoms with E-state index in [9.17, 15) is 0 Å². The lowest BCUT2D eigenvalue weighted by Gasteiger charge is -2.37. The van der Waals surface area contributed by atoms with Crippen LogP contribution in [-0.2, 0) is 0 Å². The molecule has 1 aliphatic heterocycles. The number of hydrogen-bond acceptors (Lipinski definition) is 4. The van der Waals surface area contributed by atoms with Crippen molar-refractivity contribution < 1.29 is 0 Å². The third kappa shape index (κ3) is 1.94. The van der Waals surface area contributed by atoms with Crippen LogP contribution in [0, 0.1) is 5.92 Å². The Morgan fingerprint density at radius 1 is 1.39 bits per heavy atom. The standard InChI is InChI=1S/C14H19N3S/c1-9-4-3-7-17(10(9)2)14-16-12-6-5-11(15)8-13(12)18-14/h5-6,8-10H,3-4,7,15H2,1-2H3. The van der Waals surface area contributed by atoms with Crippen molar-refractivity contribution in [1.29, 1.82) is 0 Å². The van der Waals surface area contributed by atoms with Crippen LogP contribution in [0.4, 0.5) is 10.8 Å². The largest absolute Gasteiger partial charge is 0.399 e. The Morgan fingerprint density at radius 2 is 2.22 bits per heavy atom. The summed E-state index contributed by atoms with van der Waals surface area (Å²) in [5, 5.41) is 1.15. The summed E-state index contributed by atoms with van der Waals surface area (Å²) in [4.78, 5) is 7.20. The highest BCUT2D eigenvalue weighted by atomic mass is 32.1. The SMILES string of the molecule is CC1CCCN(c2nc3ccc(N)cc3s2)C1C. The Kier molecular flexibility index (Phi) is 2.90. The van der Waals surface area contributed by atoms with Crippen molar-refractivity contribution in [1.82, 2.24) is 4.98 Å². The highest BCUT2D eigenvalue weighted by molar-refractivity contribution is 7.22.